The third-order valence-electron chi connectivity index (χ3n) is 6.68. The van der Waals surface area contributed by atoms with Crippen LogP contribution in [0.15, 0.2) is 41.3 Å². The molecule has 2 aromatic carbocycles. The highest BCUT2D eigenvalue weighted by Crippen LogP contribution is 2.39. The van der Waals surface area contributed by atoms with Crippen LogP contribution in [0.4, 0.5) is 24.5 Å². The molecular weight excluding hydrogens is 547 g/mol. The fourth-order valence-electron chi connectivity index (χ4n) is 4.68. The van der Waals surface area contributed by atoms with Crippen molar-refractivity contribution in [3.05, 3.63) is 46.8 Å². The second-order valence-electron chi connectivity index (χ2n) is 9.75. The largest absolute Gasteiger partial charge is 0.495 e. The molecule has 0 radical (unpaired) electrons. The molecule has 1 saturated heterocycles. The van der Waals surface area contributed by atoms with E-state index in [-0.39, 0.29) is 23.0 Å². The summed E-state index contributed by atoms with van der Waals surface area (Å²) in [5, 5.41) is 7.22. The summed E-state index contributed by atoms with van der Waals surface area (Å²) < 4.78 is 70.4. The van der Waals surface area contributed by atoms with Crippen LogP contribution in [0, 0.1) is 11.8 Å². The van der Waals surface area contributed by atoms with Crippen molar-refractivity contribution >= 4 is 42.6 Å². The predicted octanol–water partition coefficient (Wildman–Crippen LogP) is 5.78. The van der Waals surface area contributed by atoms with E-state index < -0.39 is 22.4 Å². The minimum atomic E-state index is -4.37. The summed E-state index contributed by atoms with van der Waals surface area (Å²) in [5.41, 5.74) is 1.57. The van der Waals surface area contributed by atoms with E-state index in [0.29, 0.717) is 21.7 Å². The molecule has 1 aliphatic rings. The number of anilines is 2. The number of ether oxygens (including phenoxy) is 1. The molecule has 0 spiro atoms. The van der Waals surface area contributed by atoms with Gasteiger partial charge in [0.1, 0.15) is 5.75 Å². The van der Waals surface area contributed by atoms with Crippen molar-refractivity contribution < 1.29 is 26.3 Å². The molecule has 3 aromatic rings. The third kappa shape index (κ3) is 7.59. The molecule has 0 bridgehead atoms. The second-order valence-corrected chi connectivity index (χ2v) is 12.8. The average Bonchev–Trinajstić information content (AvgIpc) is 3.06. The number of sulfone groups is 1. The topological polar surface area (TPSA) is 70.7 Å². The molecule has 0 aliphatic carbocycles. The van der Waals surface area contributed by atoms with Crippen molar-refractivity contribution in [3.63, 3.8) is 0 Å². The number of fused-ring (bicyclic) bond motifs is 1. The van der Waals surface area contributed by atoms with E-state index in [4.69, 9.17) is 4.74 Å². The zero-order chi connectivity index (χ0) is 28.2. The van der Waals surface area contributed by atoms with E-state index in [2.05, 4.69) is 34.4 Å². The van der Waals surface area contributed by atoms with E-state index in [1.165, 1.54) is 30.6 Å². The number of hydrogen-bond donors (Lipinski definition) is 2. The van der Waals surface area contributed by atoms with Gasteiger partial charge in [0, 0.05) is 18.4 Å². The maximum absolute atomic E-state index is 13.6. The third-order valence-corrected chi connectivity index (χ3v) is 8.98. The Bertz CT molecular complexity index is 1490. The predicted molar refractivity (Wildman–Crippen MR) is 152 cm³/mol. The highest BCUT2D eigenvalue weighted by Gasteiger charge is 2.31. The van der Waals surface area contributed by atoms with Gasteiger partial charge in [-0.3, -0.25) is 0 Å². The van der Waals surface area contributed by atoms with Crippen LogP contribution in [0.1, 0.15) is 29.7 Å². The molecule has 4 rings (SSSR count). The van der Waals surface area contributed by atoms with Crippen molar-refractivity contribution in [1.29, 1.82) is 0 Å². The molecule has 1 atom stereocenters. The van der Waals surface area contributed by atoms with Gasteiger partial charge in [-0.2, -0.15) is 13.2 Å². The van der Waals surface area contributed by atoms with Crippen LogP contribution < -0.4 is 15.4 Å². The first kappa shape index (κ1) is 29.1. The van der Waals surface area contributed by atoms with Crippen molar-refractivity contribution in [2.45, 2.75) is 42.8 Å². The summed E-state index contributed by atoms with van der Waals surface area (Å²) in [4.78, 5) is 2.81. The summed E-state index contributed by atoms with van der Waals surface area (Å²) in [7, 11) is 0.135. The second kappa shape index (κ2) is 12.1. The molecule has 0 amide bonds. The first-order chi connectivity index (χ1) is 18.4. The summed E-state index contributed by atoms with van der Waals surface area (Å²) in [6.45, 7) is 2.15. The monoisotopic (exact) mass is 579 g/mol. The number of rotatable bonds is 7. The number of likely N-dealkylation sites (tertiary alicyclic amines) is 1. The van der Waals surface area contributed by atoms with Crippen molar-refractivity contribution in [3.8, 4) is 17.6 Å². The number of alkyl halides is 3. The van der Waals surface area contributed by atoms with Gasteiger partial charge in [0.05, 0.1) is 45.9 Å². The Kier molecular flexibility index (Phi) is 8.99. The smallest absolute Gasteiger partial charge is 0.393 e. The van der Waals surface area contributed by atoms with E-state index in [1.807, 2.05) is 6.07 Å². The first-order valence-electron chi connectivity index (χ1n) is 12.6. The lowest BCUT2D eigenvalue weighted by Gasteiger charge is -2.18. The van der Waals surface area contributed by atoms with Crippen LogP contribution in [0.2, 0.25) is 0 Å². The number of thiophene rings is 1. The molecule has 1 unspecified atom stereocenters. The highest BCUT2D eigenvalue weighted by atomic mass is 32.2. The molecule has 1 aromatic heterocycles. The first-order valence-corrected chi connectivity index (χ1v) is 15.3. The Morgan fingerprint density at radius 2 is 1.95 bits per heavy atom. The van der Waals surface area contributed by atoms with Gasteiger partial charge in [-0.1, -0.05) is 24.0 Å². The van der Waals surface area contributed by atoms with Crippen molar-refractivity contribution in [2.75, 3.05) is 50.7 Å². The molecule has 1 fully saturated rings. The SMILES string of the molecule is COc1cc(S(C)(=O)=O)ccc1NCC#Cc1sc2c(NC3CCCN(C)CC3)cccc2c1CC(F)(F)F. The maximum Gasteiger partial charge on any atom is 0.393 e. The van der Waals surface area contributed by atoms with Crippen LogP contribution in [-0.2, 0) is 16.3 Å². The summed E-state index contributed by atoms with van der Waals surface area (Å²) >= 11 is 1.28. The van der Waals surface area contributed by atoms with Crippen LogP contribution in [0.25, 0.3) is 10.1 Å². The maximum atomic E-state index is 13.6. The Morgan fingerprint density at radius 1 is 1.15 bits per heavy atom. The number of methoxy groups -OCH3 is 1. The normalized spacial score (nSPS) is 16.8. The number of nitrogens with zero attached hydrogens (tertiary/aromatic N) is 1. The van der Waals surface area contributed by atoms with E-state index in [1.54, 1.807) is 18.2 Å². The fraction of sp³-hybridized carbons (Fsp3) is 0.429. The summed E-state index contributed by atoms with van der Waals surface area (Å²) in [5.74, 6) is 6.21. The zero-order valence-corrected chi connectivity index (χ0v) is 23.7. The van der Waals surface area contributed by atoms with E-state index >= 15 is 0 Å². The Balaban J connectivity index is 1.59. The Labute approximate surface area is 231 Å². The molecular formula is C28H32F3N3O3S2. The molecule has 39 heavy (non-hydrogen) atoms. The van der Waals surface area contributed by atoms with Crippen molar-refractivity contribution in [1.82, 2.24) is 4.90 Å². The lowest BCUT2D eigenvalue weighted by atomic mass is 10.1. The van der Waals surface area contributed by atoms with Gasteiger partial charge in [-0.15, -0.1) is 11.3 Å². The molecule has 6 nitrogen and oxygen atoms in total. The lowest BCUT2D eigenvalue weighted by Crippen LogP contribution is -2.23. The Hall–Kier alpha value is -2.94. The number of benzene rings is 2. The lowest BCUT2D eigenvalue weighted by molar-refractivity contribution is -0.126. The van der Waals surface area contributed by atoms with Crippen molar-refractivity contribution in [2.24, 2.45) is 0 Å². The van der Waals surface area contributed by atoms with Gasteiger partial charge < -0.3 is 20.3 Å². The van der Waals surface area contributed by atoms with Crippen LogP contribution in [0.5, 0.6) is 5.75 Å². The molecule has 11 heteroatoms. The van der Waals surface area contributed by atoms with Gasteiger partial charge in [0.25, 0.3) is 0 Å². The minimum absolute atomic E-state index is 0.123. The summed E-state index contributed by atoms with van der Waals surface area (Å²) in [6.07, 6.45) is -1.26. The van der Waals surface area contributed by atoms with E-state index in [0.717, 1.165) is 49.0 Å². The molecule has 2 N–H and O–H groups in total. The number of hydrogen-bond acceptors (Lipinski definition) is 7. The molecule has 1 aliphatic heterocycles. The van der Waals surface area contributed by atoms with Gasteiger partial charge >= 0.3 is 6.18 Å². The molecule has 210 valence electrons. The molecule has 0 saturated carbocycles. The van der Waals surface area contributed by atoms with Crippen LogP contribution in [-0.4, -0.2) is 65.6 Å². The number of halogens is 3. The highest BCUT2D eigenvalue weighted by molar-refractivity contribution is 7.90. The quantitative estimate of drug-likeness (QED) is 0.346. The average molecular weight is 580 g/mol. The van der Waals surface area contributed by atoms with Crippen LogP contribution >= 0.6 is 11.3 Å². The zero-order valence-electron chi connectivity index (χ0n) is 22.1. The number of nitrogens with one attached hydrogen (secondary N) is 2. The summed E-state index contributed by atoms with van der Waals surface area (Å²) in [6, 6.07) is 10.2. The van der Waals surface area contributed by atoms with Gasteiger partial charge in [0.15, 0.2) is 9.84 Å². The van der Waals surface area contributed by atoms with Crippen LogP contribution in [0.3, 0.4) is 0 Å². The molecule has 2 heterocycles. The minimum Gasteiger partial charge on any atom is -0.495 e. The van der Waals surface area contributed by atoms with E-state index in [9.17, 15) is 21.6 Å². The van der Waals surface area contributed by atoms with Gasteiger partial charge in [-0.25, -0.2) is 8.42 Å². The Morgan fingerprint density at radius 3 is 2.67 bits per heavy atom. The fourth-order valence-corrected chi connectivity index (χ4v) is 6.48. The standard InChI is InChI=1S/C28H32F3N3O3S2/c1-34-15-6-7-19(13-16-34)33-24-9-4-8-21-22(18-28(29,30)31)26(38-27(21)24)10-5-14-32-23-12-11-20(39(3,35)36)17-25(23)37-2/h4,8-9,11-12,17,19,32-33H,6-7,13-16,18H2,1-3H3. The van der Waals surface area contributed by atoms with Gasteiger partial charge in [0.2, 0.25) is 0 Å². The van der Waals surface area contributed by atoms with Gasteiger partial charge in [-0.05, 0) is 68.5 Å².